The molecule has 0 unspecified atom stereocenters. The molecule has 1 amide bonds. The Balaban J connectivity index is 2.18. The van der Waals surface area contributed by atoms with Crippen molar-refractivity contribution < 1.29 is 24.1 Å². The number of benzene rings is 2. The molecule has 11 heteroatoms. The number of nitrogens with one attached hydrogen (secondary N) is 1. The number of methoxy groups -OCH3 is 1. The molecule has 0 aromatic heterocycles. The van der Waals surface area contributed by atoms with Crippen LogP contribution in [-0.2, 0) is 4.79 Å². The van der Waals surface area contributed by atoms with Gasteiger partial charge in [0.15, 0.2) is 6.61 Å². The fourth-order valence-electron chi connectivity index (χ4n) is 2.20. The number of rotatable bonds is 7. The van der Waals surface area contributed by atoms with Crippen molar-refractivity contribution in [2.24, 2.45) is 0 Å². The van der Waals surface area contributed by atoms with Crippen molar-refractivity contribution in [3.05, 3.63) is 61.1 Å². The van der Waals surface area contributed by atoms with E-state index in [1.807, 2.05) is 0 Å². The second-order valence-corrected chi connectivity index (χ2v) is 5.72. The normalized spacial score (nSPS) is 10.2. The highest BCUT2D eigenvalue weighted by molar-refractivity contribution is 6.31. The first-order valence-corrected chi connectivity index (χ1v) is 7.80. The number of aryl methyl sites for hydroxylation is 1. The Morgan fingerprint density at radius 3 is 2.22 bits per heavy atom. The summed E-state index contributed by atoms with van der Waals surface area (Å²) in [7, 11) is 1.08. The molecule has 0 atom stereocenters. The molecule has 0 spiro atoms. The van der Waals surface area contributed by atoms with Gasteiger partial charge in [0.25, 0.3) is 11.7 Å². The zero-order chi connectivity index (χ0) is 20.1. The van der Waals surface area contributed by atoms with Crippen LogP contribution in [0.15, 0.2) is 30.3 Å². The minimum Gasteiger partial charge on any atom is -0.485 e. The predicted molar refractivity (Wildman–Crippen MR) is 96.6 cm³/mol. The van der Waals surface area contributed by atoms with Crippen LogP contribution in [0.4, 0.5) is 17.1 Å². The zero-order valence-electron chi connectivity index (χ0n) is 14.2. The van der Waals surface area contributed by atoms with E-state index in [0.29, 0.717) is 10.8 Å². The molecule has 2 aromatic carbocycles. The van der Waals surface area contributed by atoms with Gasteiger partial charge in [0.2, 0.25) is 0 Å². The fourth-order valence-corrected chi connectivity index (χ4v) is 2.32. The van der Waals surface area contributed by atoms with Crippen molar-refractivity contribution in [2.75, 3.05) is 19.0 Å². The first-order valence-electron chi connectivity index (χ1n) is 7.42. The highest BCUT2D eigenvalue weighted by Gasteiger charge is 2.28. The van der Waals surface area contributed by atoms with Crippen LogP contribution in [0.3, 0.4) is 0 Å². The lowest BCUT2D eigenvalue weighted by molar-refractivity contribution is -0.395. The number of amides is 1. The van der Waals surface area contributed by atoms with Crippen LogP contribution < -0.4 is 14.8 Å². The topological polar surface area (TPSA) is 134 Å². The van der Waals surface area contributed by atoms with Gasteiger partial charge in [-0.15, -0.1) is 0 Å². The molecule has 0 radical (unpaired) electrons. The summed E-state index contributed by atoms with van der Waals surface area (Å²) in [5.74, 6) is -0.758. The summed E-state index contributed by atoms with van der Waals surface area (Å²) in [5.41, 5.74) is -0.654. The number of hydrogen-bond donors (Lipinski definition) is 1. The Labute approximate surface area is 157 Å². The first-order chi connectivity index (χ1) is 12.7. The number of nitro groups is 2. The van der Waals surface area contributed by atoms with Crippen LogP contribution >= 0.6 is 11.6 Å². The number of nitro benzene ring substituents is 2. The molecule has 1 N–H and O–H groups in total. The van der Waals surface area contributed by atoms with Gasteiger partial charge in [0.1, 0.15) is 5.75 Å². The van der Waals surface area contributed by atoms with Crippen LogP contribution in [0.1, 0.15) is 5.56 Å². The van der Waals surface area contributed by atoms with Crippen LogP contribution in [0, 0.1) is 27.2 Å². The largest absolute Gasteiger partial charge is 0.485 e. The summed E-state index contributed by atoms with van der Waals surface area (Å²) in [6.07, 6.45) is 0. The highest BCUT2D eigenvalue weighted by atomic mass is 35.5. The van der Waals surface area contributed by atoms with E-state index in [2.05, 4.69) is 5.32 Å². The van der Waals surface area contributed by atoms with E-state index >= 15 is 0 Å². The summed E-state index contributed by atoms with van der Waals surface area (Å²) in [6.45, 7) is 1.36. The minimum absolute atomic E-state index is 0.130. The lowest BCUT2D eigenvalue weighted by atomic mass is 10.2. The molecule has 0 aliphatic rings. The summed E-state index contributed by atoms with van der Waals surface area (Å²) in [5, 5.41) is 25.1. The van der Waals surface area contributed by atoms with E-state index < -0.39 is 39.5 Å². The Kier molecular flexibility index (Phi) is 6.14. The van der Waals surface area contributed by atoms with Crippen molar-refractivity contribution in [1.29, 1.82) is 0 Å². The average molecular weight is 396 g/mol. The second-order valence-electron chi connectivity index (χ2n) is 5.31. The molecule has 0 bridgehead atoms. The predicted octanol–water partition coefficient (Wildman–Crippen LogP) is 3.49. The molecule has 2 aromatic rings. The molecular weight excluding hydrogens is 382 g/mol. The van der Waals surface area contributed by atoms with E-state index in [1.54, 1.807) is 25.1 Å². The maximum atomic E-state index is 12.0. The van der Waals surface area contributed by atoms with Gasteiger partial charge in [0, 0.05) is 17.2 Å². The summed E-state index contributed by atoms with van der Waals surface area (Å²) in [4.78, 5) is 32.6. The monoisotopic (exact) mass is 395 g/mol. The van der Waals surface area contributed by atoms with Gasteiger partial charge in [-0.2, -0.15) is 0 Å². The van der Waals surface area contributed by atoms with E-state index in [-0.39, 0.29) is 5.69 Å². The lowest BCUT2D eigenvalue weighted by Crippen LogP contribution is -2.20. The fraction of sp³-hybridized carbons (Fsp3) is 0.188. The van der Waals surface area contributed by atoms with Crippen molar-refractivity contribution in [2.45, 2.75) is 6.92 Å². The number of carbonyl (C=O) groups excluding carboxylic acids is 1. The second kappa shape index (κ2) is 8.32. The Morgan fingerprint density at radius 2 is 1.74 bits per heavy atom. The summed E-state index contributed by atoms with van der Waals surface area (Å²) < 4.78 is 10.1. The summed E-state index contributed by atoms with van der Waals surface area (Å²) in [6, 6.07) is 6.76. The van der Waals surface area contributed by atoms with Crippen molar-refractivity contribution >= 4 is 34.6 Å². The molecular formula is C16H14ClN3O7. The molecule has 10 nitrogen and oxygen atoms in total. The number of ether oxygens (including phenoxy) is 2. The molecule has 0 saturated carbocycles. The number of anilines is 1. The lowest BCUT2D eigenvalue weighted by Gasteiger charge is -2.10. The third kappa shape index (κ3) is 4.82. The smallest absolute Gasteiger partial charge is 0.320 e. The van der Waals surface area contributed by atoms with Crippen molar-refractivity contribution in [3.63, 3.8) is 0 Å². The Morgan fingerprint density at radius 1 is 1.15 bits per heavy atom. The molecule has 0 aliphatic carbocycles. The van der Waals surface area contributed by atoms with Gasteiger partial charge in [0.05, 0.1) is 22.6 Å². The van der Waals surface area contributed by atoms with Crippen LogP contribution in [0.25, 0.3) is 0 Å². The quantitative estimate of drug-likeness (QED) is 0.560. The Hall–Kier alpha value is -3.40. The van der Waals surface area contributed by atoms with Crippen LogP contribution in [0.5, 0.6) is 11.5 Å². The van der Waals surface area contributed by atoms with E-state index in [0.717, 1.165) is 24.8 Å². The van der Waals surface area contributed by atoms with Gasteiger partial charge in [-0.1, -0.05) is 11.6 Å². The van der Waals surface area contributed by atoms with Gasteiger partial charge < -0.3 is 14.8 Å². The molecule has 142 valence electrons. The van der Waals surface area contributed by atoms with E-state index in [1.165, 1.54) is 0 Å². The zero-order valence-corrected chi connectivity index (χ0v) is 15.0. The van der Waals surface area contributed by atoms with Crippen molar-refractivity contribution in [1.82, 2.24) is 0 Å². The molecule has 2 rings (SSSR count). The maximum absolute atomic E-state index is 12.0. The van der Waals surface area contributed by atoms with Crippen molar-refractivity contribution in [3.8, 4) is 11.5 Å². The van der Waals surface area contributed by atoms with Gasteiger partial charge in [-0.25, -0.2) is 0 Å². The maximum Gasteiger partial charge on any atom is 0.320 e. The molecule has 0 fully saturated rings. The van der Waals surface area contributed by atoms with Gasteiger partial charge in [-0.05, 0) is 30.7 Å². The molecule has 0 heterocycles. The first kappa shape index (κ1) is 19.9. The molecule has 0 saturated heterocycles. The SMILES string of the molecule is COc1c([N+](=O)[O-])cc(NC(=O)COc2ccc(Cl)c(C)c2)cc1[N+](=O)[O-]. The van der Waals surface area contributed by atoms with Crippen LogP contribution in [0.2, 0.25) is 5.02 Å². The number of carbonyl (C=O) groups is 1. The third-order valence-electron chi connectivity index (χ3n) is 3.43. The van der Waals surface area contributed by atoms with E-state index in [4.69, 9.17) is 21.1 Å². The number of hydrogen-bond acceptors (Lipinski definition) is 7. The Bertz CT molecular complexity index is 882. The number of halogens is 1. The average Bonchev–Trinajstić information content (AvgIpc) is 2.61. The third-order valence-corrected chi connectivity index (χ3v) is 3.85. The summed E-state index contributed by atoms with van der Waals surface area (Å²) >= 11 is 5.90. The molecule has 27 heavy (non-hydrogen) atoms. The van der Waals surface area contributed by atoms with Gasteiger partial charge in [-0.3, -0.25) is 25.0 Å². The van der Waals surface area contributed by atoms with Crippen LogP contribution in [-0.4, -0.2) is 29.5 Å². The standard InChI is InChI=1S/C16H14ClN3O7/c1-9-5-11(3-4-12(9)17)27-8-15(21)18-10-6-13(19(22)23)16(26-2)14(7-10)20(24)25/h3-7H,8H2,1-2H3,(H,18,21). The number of nitrogens with zero attached hydrogens (tertiary/aromatic N) is 2. The molecule has 0 aliphatic heterocycles. The highest BCUT2D eigenvalue weighted by Crippen LogP contribution is 2.39. The minimum atomic E-state index is -0.839. The van der Waals surface area contributed by atoms with E-state index in [9.17, 15) is 25.0 Å². The van der Waals surface area contributed by atoms with Gasteiger partial charge >= 0.3 is 11.4 Å².